The number of nitrogens with zero attached hydrogens (tertiary/aromatic N) is 1. The minimum Gasteiger partial charge on any atom is -0.457 e. The second kappa shape index (κ2) is 7.75. The molecule has 0 amide bonds. The van der Waals surface area contributed by atoms with Crippen LogP contribution in [0.2, 0.25) is 0 Å². The van der Waals surface area contributed by atoms with E-state index in [0.29, 0.717) is 17.9 Å². The summed E-state index contributed by atoms with van der Waals surface area (Å²) in [7, 11) is 0. The third-order valence-electron chi connectivity index (χ3n) is 4.21. The molecule has 6 heteroatoms. The molecule has 0 aliphatic rings. The first-order valence-corrected chi connectivity index (χ1v) is 8.77. The largest absolute Gasteiger partial charge is 0.457 e. The predicted octanol–water partition coefficient (Wildman–Crippen LogP) is 3.83. The Hall–Kier alpha value is -3.93. The lowest BCUT2D eigenvalue weighted by Crippen LogP contribution is -2.36. The molecule has 28 heavy (non-hydrogen) atoms. The fourth-order valence-corrected chi connectivity index (χ4v) is 2.75. The smallest absolute Gasteiger partial charge is 0.253 e. The van der Waals surface area contributed by atoms with Gasteiger partial charge in [0.25, 0.3) is 10.9 Å². The molecule has 0 atom stereocenters. The number of anilines is 3. The maximum Gasteiger partial charge on any atom is 0.253 e. The molecule has 3 aromatic carbocycles. The molecule has 0 saturated heterocycles. The summed E-state index contributed by atoms with van der Waals surface area (Å²) in [5.74, 6) is 1.49. The Labute approximate surface area is 161 Å². The molecule has 2 N–H and O–H groups in total. The van der Waals surface area contributed by atoms with Crippen LogP contribution >= 0.6 is 0 Å². The van der Waals surface area contributed by atoms with Crippen LogP contribution in [-0.2, 0) is 6.54 Å². The van der Waals surface area contributed by atoms with E-state index in [2.05, 4.69) is 15.6 Å². The normalized spacial score (nSPS) is 10.6. The Balaban J connectivity index is 1.40. The van der Waals surface area contributed by atoms with Crippen molar-refractivity contribution >= 4 is 17.1 Å². The van der Waals surface area contributed by atoms with E-state index in [-0.39, 0.29) is 5.69 Å². The average Bonchev–Trinajstić information content (AvgIpc) is 2.75. The van der Waals surface area contributed by atoms with Gasteiger partial charge in [-0.25, -0.2) is 0 Å². The third-order valence-corrected chi connectivity index (χ3v) is 4.21. The van der Waals surface area contributed by atoms with Crippen LogP contribution in [-0.4, -0.2) is 4.98 Å². The maximum atomic E-state index is 11.9. The van der Waals surface area contributed by atoms with Gasteiger partial charge in [-0.3, -0.25) is 14.6 Å². The number of hydrogen-bond donors (Lipinski definition) is 2. The Kier molecular flexibility index (Phi) is 4.84. The van der Waals surface area contributed by atoms with Crippen molar-refractivity contribution < 1.29 is 4.74 Å². The van der Waals surface area contributed by atoms with Crippen molar-refractivity contribution in [1.82, 2.24) is 4.98 Å². The van der Waals surface area contributed by atoms with Crippen molar-refractivity contribution in [1.29, 1.82) is 0 Å². The van der Waals surface area contributed by atoms with Crippen LogP contribution in [0.4, 0.5) is 17.1 Å². The molecule has 0 saturated carbocycles. The fraction of sp³-hybridized carbons (Fsp3) is 0.0455. The number of nitrogens with one attached hydrogen (secondary N) is 2. The highest BCUT2D eigenvalue weighted by molar-refractivity contribution is 5.78. The molecule has 0 aliphatic heterocycles. The van der Waals surface area contributed by atoms with Crippen LogP contribution in [0, 0.1) is 0 Å². The Bertz CT molecular complexity index is 1130. The lowest BCUT2D eigenvalue weighted by molar-refractivity contribution is 0.482. The van der Waals surface area contributed by atoms with Crippen molar-refractivity contribution in [3.63, 3.8) is 0 Å². The summed E-state index contributed by atoms with van der Waals surface area (Å²) in [4.78, 5) is 27.7. The van der Waals surface area contributed by atoms with Crippen LogP contribution in [0.5, 0.6) is 11.5 Å². The minimum atomic E-state index is -0.530. The Morgan fingerprint density at radius 2 is 1.50 bits per heavy atom. The van der Waals surface area contributed by atoms with E-state index in [1.165, 1.54) is 0 Å². The van der Waals surface area contributed by atoms with Gasteiger partial charge >= 0.3 is 0 Å². The summed E-state index contributed by atoms with van der Waals surface area (Å²) in [6.45, 7) is 0.415. The van der Waals surface area contributed by atoms with Crippen LogP contribution < -0.4 is 26.2 Å². The average molecular weight is 371 g/mol. The van der Waals surface area contributed by atoms with Gasteiger partial charge in [-0.2, -0.15) is 0 Å². The van der Waals surface area contributed by atoms with Gasteiger partial charge in [0, 0.05) is 12.7 Å². The number of pyridine rings is 1. The van der Waals surface area contributed by atoms with Crippen molar-refractivity contribution in [3.05, 3.63) is 105 Å². The van der Waals surface area contributed by atoms with Gasteiger partial charge in [-0.15, -0.1) is 0 Å². The maximum absolute atomic E-state index is 11.9. The minimum absolute atomic E-state index is 0.266. The zero-order valence-electron chi connectivity index (χ0n) is 14.9. The molecular formula is C22H17N3O3. The van der Waals surface area contributed by atoms with Gasteiger partial charge in [0.05, 0.1) is 11.9 Å². The number of aromatic nitrogens is 1. The highest BCUT2D eigenvalue weighted by Gasteiger charge is 2.20. The van der Waals surface area contributed by atoms with E-state index in [1.807, 2.05) is 54.6 Å². The highest BCUT2D eigenvalue weighted by atomic mass is 16.5. The monoisotopic (exact) mass is 371 g/mol. The predicted molar refractivity (Wildman–Crippen MR) is 109 cm³/mol. The van der Waals surface area contributed by atoms with Crippen LogP contribution in [0.15, 0.2) is 88.7 Å². The van der Waals surface area contributed by atoms with Crippen molar-refractivity contribution in [2.24, 2.45) is 0 Å². The summed E-state index contributed by atoms with van der Waals surface area (Å²) < 4.78 is 5.76. The quantitative estimate of drug-likeness (QED) is 0.481. The standard InChI is InChI=1S/C22H17N3O3/c26-21-19(20(22(21)27)25-16-5-4-12-23-14-16)24-13-15-8-10-18(11-9-15)28-17-6-2-1-3-7-17/h1-12,14,24-25H,13H2. The zero-order valence-corrected chi connectivity index (χ0v) is 14.9. The van der Waals surface area contributed by atoms with E-state index < -0.39 is 10.9 Å². The summed E-state index contributed by atoms with van der Waals surface area (Å²) in [5, 5.41) is 5.99. The first kappa shape index (κ1) is 17.5. The number of ether oxygens (including phenoxy) is 1. The molecule has 0 aliphatic carbocycles. The van der Waals surface area contributed by atoms with Crippen LogP contribution in [0.25, 0.3) is 0 Å². The number of benzene rings is 2. The van der Waals surface area contributed by atoms with Crippen molar-refractivity contribution in [2.75, 3.05) is 10.6 Å². The molecule has 0 radical (unpaired) electrons. The van der Waals surface area contributed by atoms with E-state index in [1.54, 1.807) is 24.5 Å². The van der Waals surface area contributed by atoms with Crippen LogP contribution in [0.1, 0.15) is 5.56 Å². The van der Waals surface area contributed by atoms with Gasteiger partial charge < -0.3 is 15.4 Å². The number of para-hydroxylation sites is 1. The second-order valence-electron chi connectivity index (χ2n) is 6.19. The molecule has 0 fully saturated rings. The molecule has 0 bridgehead atoms. The second-order valence-corrected chi connectivity index (χ2v) is 6.19. The lowest BCUT2D eigenvalue weighted by atomic mass is 10.1. The van der Waals surface area contributed by atoms with Crippen molar-refractivity contribution in [3.8, 4) is 11.5 Å². The molecule has 138 valence electrons. The molecule has 0 unspecified atom stereocenters. The molecule has 1 aromatic heterocycles. The van der Waals surface area contributed by atoms with E-state index in [0.717, 1.165) is 17.1 Å². The molecular weight excluding hydrogens is 354 g/mol. The van der Waals surface area contributed by atoms with E-state index in [4.69, 9.17) is 4.74 Å². The van der Waals surface area contributed by atoms with Gasteiger partial charge in [0.2, 0.25) is 0 Å². The van der Waals surface area contributed by atoms with Crippen molar-refractivity contribution in [2.45, 2.75) is 6.54 Å². The summed E-state index contributed by atoms with van der Waals surface area (Å²) in [6, 6.07) is 20.6. The first-order valence-electron chi connectivity index (χ1n) is 8.77. The van der Waals surface area contributed by atoms with Crippen LogP contribution in [0.3, 0.4) is 0 Å². The van der Waals surface area contributed by atoms with Gasteiger partial charge in [-0.1, -0.05) is 30.3 Å². The zero-order chi connectivity index (χ0) is 19.3. The Morgan fingerprint density at radius 3 is 2.21 bits per heavy atom. The van der Waals surface area contributed by atoms with E-state index in [9.17, 15) is 9.59 Å². The fourth-order valence-electron chi connectivity index (χ4n) is 2.75. The lowest BCUT2D eigenvalue weighted by Gasteiger charge is -2.15. The van der Waals surface area contributed by atoms with Gasteiger partial charge in [0.15, 0.2) is 0 Å². The first-order chi connectivity index (χ1) is 13.7. The number of hydrogen-bond acceptors (Lipinski definition) is 6. The molecule has 6 nitrogen and oxygen atoms in total. The summed E-state index contributed by atoms with van der Waals surface area (Å²) >= 11 is 0. The summed E-state index contributed by atoms with van der Waals surface area (Å²) in [5.41, 5.74) is 1.12. The number of rotatable bonds is 7. The van der Waals surface area contributed by atoms with E-state index >= 15 is 0 Å². The van der Waals surface area contributed by atoms with Gasteiger partial charge in [-0.05, 0) is 42.0 Å². The highest BCUT2D eigenvalue weighted by Crippen LogP contribution is 2.23. The molecule has 1 heterocycles. The third kappa shape index (κ3) is 3.76. The molecule has 4 rings (SSSR count). The topological polar surface area (TPSA) is 80.3 Å². The summed E-state index contributed by atoms with van der Waals surface area (Å²) in [6.07, 6.45) is 3.23. The van der Waals surface area contributed by atoms with Gasteiger partial charge in [0.1, 0.15) is 22.9 Å². The molecule has 4 aromatic rings. The molecule has 0 spiro atoms. The SMILES string of the molecule is O=c1c(NCc2ccc(Oc3ccccc3)cc2)c(Nc2cccnc2)c1=O. The Morgan fingerprint density at radius 1 is 0.786 bits per heavy atom.